The van der Waals surface area contributed by atoms with Gasteiger partial charge in [0.1, 0.15) is 0 Å². The van der Waals surface area contributed by atoms with Gasteiger partial charge in [0.25, 0.3) is 0 Å². The first-order valence-electron chi connectivity index (χ1n) is 12.9. The highest BCUT2D eigenvalue weighted by Crippen LogP contribution is 2.39. The Balaban J connectivity index is 1.30. The third-order valence-corrected chi connectivity index (χ3v) is 7.72. The lowest BCUT2D eigenvalue weighted by molar-refractivity contribution is 0.122. The number of ether oxygens (including phenoxy) is 3. The van der Waals surface area contributed by atoms with Gasteiger partial charge in [-0.2, -0.15) is 0 Å². The average molecular weight is 454 g/mol. The quantitative estimate of drug-likeness (QED) is 0.553. The summed E-state index contributed by atoms with van der Waals surface area (Å²) in [6, 6.07) is 7.15. The molecular formula is C27H39N3O3. The first-order chi connectivity index (χ1) is 16.2. The average Bonchev–Trinajstić information content (AvgIpc) is 3.55. The highest BCUT2D eigenvalue weighted by Gasteiger charge is 2.29. The Morgan fingerprint density at radius 3 is 2.58 bits per heavy atom. The van der Waals surface area contributed by atoms with Crippen LogP contribution in [0.3, 0.4) is 0 Å². The Hall–Kier alpha value is -1.89. The van der Waals surface area contributed by atoms with E-state index in [-0.39, 0.29) is 0 Å². The van der Waals surface area contributed by atoms with Crippen LogP contribution in [0.2, 0.25) is 0 Å². The maximum absolute atomic E-state index is 6.18. The summed E-state index contributed by atoms with van der Waals surface area (Å²) in [5.74, 6) is 2.19. The zero-order valence-electron chi connectivity index (χ0n) is 20.4. The highest BCUT2D eigenvalue weighted by atomic mass is 16.5. The van der Waals surface area contributed by atoms with Gasteiger partial charge in [-0.1, -0.05) is 0 Å². The smallest absolute Gasteiger partial charge is 0.163 e. The first kappa shape index (κ1) is 22.9. The summed E-state index contributed by atoms with van der Waals surface area (Å²) in [4.78, 5) is 10.0. The van der Waals surface area contributed by atoms with Crippen LogP contribution < -0.4 is 9.47 Å². The van der Waals surface area contributed by atoms with Gasteiger partial charge in [0, 0.05) is 36.3 Å². The minimum absolute atomic E-state index is 0.560. The van der Waals surface area contributed by atoms with Gasteiger partial charge in [-0.25, -0.2) is 0 Å². The van der Waals surface area contributed by atoms with E-state index in [0.717, 1.165) is 62.0 Å². The number of piperidine rings is 1. The maximum atomic E-state index is 6.18. The number of pyridine rings is 1. The second-order valence-corrected chi connectivity index (χ2v) is 9.95. The Morgan fingerprint density at radius 2 is 1.85 bits per heavy atom. The molecule has 6 nitrogen and oxygen atoms in total. The SMILES string of the molecule is COc1cc2c(C3CCN(C4CCOC4)CC3)cc(C)nc2cc1OCCCN1CCCC1. The molecule has 0 radical (unpaired) electrons. The number of rotatable bonds is 8. The van der Waals surface area contributed by atoms with Crippen LogP contribution in [-0.2, 0) is 4.74 Å². The summed E-state index contributed by atoms with van der Waals surface area (Å²) in [6.07, 6.45) is 7.26. The van der Waals surface area contributed by atoms with E-state index in [1.807, 2.05) is 0 Å². The molecule has 0 aliphatic carbocycles. The Kier molecular flexibility index (Phi) is 7.34. The van der Waals surface area contributed by atoms with E-state index in [9.17, 15) is 0 Å². The zero-order valence-corrected chi connectivity index (χ0v) is 20.4. The molecule has 1 aromatic carbocycles. The molecule has 3 aliphatic rings. The Bertz CT molecular complexity index is 930. The zero-order chi connectivity index (χ0) is 22.6. The van der Waals surface area contributed by atoms with E-state index in [1.54, 1.807) is 7.11 Å². The van der Waals surface area contributed by atoms with Crippen molar-refractivity contribution in [3.05, 3.63) is 29.5 Å². The molecule has 0 spiro atoms. The number of methoxy groups -OCH3 is 1. The van der Waals surface area contributed by atoms with Gasteiger partial charge in [0.2, 0.25) is 0 Å². The number of nitrogens with zero attached hydrogens (tertiary/aromatic N) is 3. The molecule has 180 valence electrons. The fourth-order valence-electron chi connectivity index (χ4n) is 5.87. The van der Waals surface area contributed by atoms with E-state index in [0.29, 0.717) is 18.6 Å². The molecule has 6 heteroatoms. The Labute approximate surface area is 198 Å². The van der Waals surface area contributed by atoms with Gasteiger partial charge >= 0.3 is 0 Å². The molecule has 2 aromatic rings. The van der Waals surface area contributed by atoms with Gasteiger partial charge in [-0.15, -0.1) is 0 Å². The van der Waals surface area contributed by atoms with E-state index in [4.69, 9.17) is 19.2 Å². The molecule has 3 aliphatic heterocycles. The Morgan fingerprint density at radius 1 is 1.03 bits per heavy atom. The van der Waals surface area contributed by atoms with E-state index < -0.39 is 0 Å². The van der Waals surface area contributed by atoms with Gasteiger partial charge in [0.15, 0.2) is 11.5 Å². The van der Waals surface area contributed by atoms with Crippen molar-refractivity contribution >= 4 is 10.9 Å². The third-order valence-electron chi connectivity index (χ3n) is 7.72. The van der Waals surface area contributed by atoms with Crippen LogP contribution >= 0.6 is 0 Å². The standard InChI is InChI=1S/C27H39N3O3/c1-20-16-23(21-6-12-30(13-7-21)22-8-15-32-19-22)24-17-26(31-2)27(18-25(24)28-20)33-14-5-11-29-9-3-4-10-29/h16-18,21-22H,3-15,19H2,1-2H3. The molecular weight excluding hydrogens is 414 g/mol. The highest BCUT2D eigenvalue weighted by molar-refractivity contribution is 5.86. The molecule has 0 N–H and O–H groups in total. The molecule has 1 unspecified atom stereocenters. The maximum Gasteiger partial charge on any atom is 0.163 e. The first-order valence-corrected chi connectivity index (χ1v) is 12.9. The minimum atomic E-state index is 0.560. The molecule has 0 saturated carbocycles. The largest absolute Gasteiger partial charge is 0.493 e. The minimum Gasteiger partial charge on any atom is -0.493 e. The molecule has 0 bridgehead atoms. The van der Waals surface area contributed by atoms with Gasteiger partial charge in [-0.3, -0.25) is 9.88 Å². The molecule has 3 saturated heterocycles. The lowest BCUT2D eigenvalue weighted by Gasteiger charge is -2.36. The summed E-state index contributed by atoms with van der Waals surface area (Å²) < 4.78 is 17.6. The number of hydrogen-bond acceptors (Lipinski definition) is 6. The van der Waals surface area contributed by atoms with Crippen molar-refractivity contribution in [3.8, 4) is 11.5 Å². The normalized spacial score (nSPS) is 22.9. The van der Waals surface area contributed by atoms with Crippen LogP contribution in [-0.4, -0.2) is 80.5 Å². The number of aromatic nitrogens is 1. The van der Waals surface area contributed by atoms with Crippen molar-refractivity contribution in [2.45, 2.75) is 57.4 Å². The monoisotopic (exact) mass is 453 g/mol. The number of hydrogen-bond donors (Lipinski definition) is 0. The fraction of sp³-hybridized carbons (Fsp3) is 0.667. The molecule has 3 fully saturated rings. The van der Waals surface area contributed by atoms with Crippen LogP contribution in [0.4, 0.5) is 0 Å². The number of benzene rings is 1. The molecule has 5 rings (SSSR count). The predicted octanol–water partition coefficient (Wildman–Crippen LogP) is 4.38. The van der Waals surface area contributed by atoms with Crippen molar-refractivity contribution in [1.29, 1.82) is 0 Å². The van der Waals surface area contributed by atoms with E-state index in [1.165, 1.54) is 56.1 Å². The number of likely N-dealkylation sites (tertiary alicyclic amines) is 2. The van der Waals surface area contributed by atoms with Crippen molar-refractivity contribution in [1.82, 2.24) is 14.8 Å². The second kappa shape index (κ2) is 10.6. The van der Waals surface area contributed by atoms with Gasteiger partial charge < -0.3 is 19.1 Å². The predicted molar refractivity (Wildman–Crippen MR) is 132 cm³/mol. The molecule has 33 heavy (non-hydrogen) atoms. The molecule has 1 aromatic heterocycles. The van der Waals surface area contributed by atoms with Crippen LogP contribution in [0.1, 0.15) is 55.7 Å². The molecule has 1 atom stereocenters. The van der Waals surface area contributed by atoms with E-state index in [2.05, 4.69) is 34.9 Å². The van der Waals surface area contributed by atoms with E-state index >= 15 is 0 Å². The van der Waals surface area contributed by atoms with Crippen LogP contribution in [0.25, 0.3) is 10.9 Å². The lowest BCUT2D eigenvalue weighted by atomic mass is 9.86. The van der Waals surface area contributed by atoms with Crippen LogP contribution in [0.15, 0.2) is 18.2 Å². The third kappa shape index (κ3) is 5.28. The van der Waals surface area contributed by atoms with Gasteiger partial charge in [0.05, 0.1) is 25.8 Å². The van der Waals surface area contributed by atoms with Crippen LogP contribution in [0.5, 0.6) is 11.5 Å². The van der Waals surface area contributed by atoms with Crippen molar-refractivity contribution in [2.75, 3.05) is 59.7 Å². The van der Waals surface area contributed by atoms with Crippen molar-refractivity contribution in [2.24, 2.45) is 0 Å². The van der Waals surface area contributed by atoms with Crippen LogP contribution in [0, 0.1) is 6.92 Å². The van der Waals surface area contributed by atoms with Crippen molar-refractivity contribution < 1.29 is 14.2 Å². The summed E-state index contributed by atoms with van der Waals surface area (Å²) >= 11 is 0. The number of aryl methyl sites for hydroxylation is 1. The fourth-order valence-corrected chi connectivity index (χ4v) is 5.87. The molecule has 4 heterocycles. The number of fused-ring (bicyclic) bond motifs is 1. The summed E-state index contributed by atoms with van der Waals surface area (Å²) in [5, 5.41) is 1.21. The summed E-state index contributed by atoms with van der Waals surface area (Å²) in [5.41, 5.74) is 3.51. The van der Waals surface area contributed by atoms with Crippen molar-refractivity contribution in [3.63, 3.8) is 0 Å². The summed E-state index contributed by atoms with van der Waals surface area (Å²) in [6.45, 7) is 10.5. The molecule has 0 amide bonds. The topological polar surface area (TPSA) is 47.1 Å². The lowest BCUT2D eigenvalue weighted by Crippen LogP contribution is -2.41. The summed E-state index contributed by atoms with van der Waals surface area (Å²) in [7, 11) is 1.74. The van der Waals surface area contributed by atoms with Gasteiger partial charge in [-0.05, 0) is 95.2 Å². The second-order valence-electron chi connectivity index (χ2n) is 9.95.